The standard InChI is InChI=1S/C19H28N2O3S/c1-3-16-12-15(13-25-16)18(23)20-8-6-19(7-9-20)5-4-17(22)21(14-19)10-11-24-2/h12-13H,3-11,14H2,1-2H3. The lowest BCUT2D eigenvalue weighted by Gasteiger charge is -2.47. The molecular formula is C19H28N2O3S. The summed E-state index contributed by atoms with van der Waals surface area (Å²) < 4.78 is 5.13. The summed E-state index contributed by atoms with van der Waals surface area (Å²) in [5.41, 5.74) is 1.01. The summed E-state index contributed by atoms with van der Waals surface area (Å²) in [6.45, 7) is 5.78. The zero-order valence-corrected chi connectivity index (χ0v) is 16.1. The van der Waals surface area contributed by atoms with Gasteiger partial charge in [-0.3, -0.25) is 9.59 Å². The van der Waals surface area contributed by atoms with Gasteiger partial charge in [0.2, 0.25) is 5.91 Å². The number of ether oxygens (including phenoxy) is 1. The first-order valence-corrected chi connectivity index (χ1v) is 10.1. The quantitative estimate of drug-likeness (QED) is 0.807. The third kappa shape index (κ3) is 4.06. The van der Waals surface area contributed by atoms with Gasteiger partial charge in [-0.15, -0.1) is 11.3 Å². The minimum absolute atomic E-state index is 0.161. The molecule has 0 aliphatic carbocycles. The number of carbonyl (C=O) groups is 2. The average molecular weight is 365 g/mol. The SMILES string of the molecule is CCc1cc(C(=O)N2CCC3(CCC(=O)N(CCOC)C3)CC2)cs1. The summed E-state index contributed by atoms with van der Waals surface area (Å²) >= 11 is 1.67. The van der Waals surface area contributed by atoms with Crippen LogP contribution in [0.3, 0.4) is 0 Å². The largest absolute Gasteiger partial charge is 0.383 e. The Kier molecular flexibility index (Phi) is 5.79. The van der Waals surface area contributed by atoms with Gasteiger partial charge in [0, 0.05) is 50.0 Å². The van der Waals surface area contributed by atoms with Crippen LogP contribution in [0.1, 0.15) is 47.8 Å². The molecule has 3 heterocycles. The molecule has 0 aromatic carbocycles. The molecule has 0 saturated carbocycles. The van der Waals surface area contributed by atoms with E-state index in [2.05, 4.69) is 6.92 Å². The summed E-state index contributed by atoms with van der Waals surface area (Å²) in [7, 11) is 1.67. The van der Waals surface area contributed by atoms with Gasteiger partial charge < -0.3 is 14.5 Å². The molecule has 1 spiro atoms. The molecule has 2 saturated heterocycles. The average Bonchev–Trinajstić information content (AvgIpc) is 3.12. The Balaban J connectivity index is 1.59. The van der Waals surface area contributed by atoms with Crippen LogP contribution in [0, 0.1) is 5.41 Å². The monoisotopic (exact) mass is 364 g/mol. The predicted molar refractivity (Wildman–Crippen MR) is 99.0 cm³/mol. The summed E-state index contributed by atoms with van der Waals surface area (Å²) in [6, 6.07) is 2.03. The Hall–Kier alpha value is -1.40. The molecule has 3 rings (SSSR count). The van der Waals surface area contributed by atoms with Crippen molar-refractivity contribution in [2.45, 2.75) is 39.0 Å². The Bertz CT molecular complexity index is 620. The van der Waals surface area contributed by atoms with E-state index >= 15 is 0 Å². The van der Waals surface area contributed by atoms with Crippen LogP contribution < -0.4 is 0 Å². The third-order valence-corrected chi connectivity index (χ3v) is 6.76. The maximum absolute atomic E-state index is 12.7. The highest BCUT2D eigenvalue weighted by atomic mass is 32.1. The van der Waals surface area contributed by atoms with Crippen molar-refractivity contribution in [1.29, 1.82) is 0 Å². The lowest BCUT2D eigenvalue weighted by atomic mass is 9.72. The number of carbonyl (C=O) groups excluding carboxylic acids is 2. The Morgan fingerprint density at radius 3 is 2.72 bits per heavy atom. The summed E-state index contributed by atoms with van der Waals surface area (Å²) in [5.74, 6) is 0.403. The van der Waals surface area contributed by atoms with Gasteiger partial charge in [-0.2, -0.15) is 0 Å². The number of aryl methyl sites for hydroxylation is 1. The molecule has 1 aromatic heterocycles. The minimum Gasteiger partial charge on any atom is -0.383 e. The lowest BCUT2D eigenvalue weighted by Crippen LogP contribution is -2.52. The fourth-order valence-electron chi connectivity index (χ4n) is 3.96. The van der Waals surface area contributed by atoms with Crippen molar-refractivity contribution in [1.82, 2.24) is 9.80 Å². The van der Waals surface area contributed by atoms with Crippen LogP contribution in [0.5, 0.6) is 0 Å². The van der Waals surface area contributed by atoms with Crippen molar-refractivity contribution < 1.29 is 14.3 Å². The molecule has 2 fully saturated rings. The van der Waals surface area contributed by atoms with E-state index in [1.807, 2.05) is 21.2 Å². The smallest absolute Gasteiger partial charge is 0.254 e. The summed E-state index contributed by atoms with van der Waals surface area (Å²) in [6.07, 6.45) is 4.53. The van der Waals surface area contributed by atoms with Gasteiger partial charge in [0.1, 0.15) is 0 Å². The van der Waals surface area contributed by atoms with E-state index in [4.69, 9.17) is 4.74 Å². The normalized spacial score (nSPS) is 20.3. The molecule has 0 bridgehead atoms. The lowest BCUT2D eigenvalue weighted by molar-refractivity contribution is -0.139. The number of thiophene rings is 1. The molecule has 2 amide bonds. The number of rotatable bonds is 5. The number of methoxy groups -OCH3 is 1. The van der Waals surface area contributed by atoms with Crippen LogP contribution in [0.15, 0.2) is 11.4 Å². The van der Waals surface area contributed by atoms with Gasteiger partial charge >= 0.3 is 0 Å². The second-order valence-corrected chi connectivity index (χ2v) is 8.25. The molecule has 0 unspecified atom stereocenters. The fraction of sp³-hybridized carbons (Fsp3) is 0.684. The highest BCUT2D eigenvalue weighted by Gasteiger charge is 2.41. The van der Waals surface area contributed by atoms with E-state index in [-0.39, 0.29) is 17.2 Å². The van der Waals surface area contributed by atoms with Crippen LogP contribution in [-0.2, 0) is 16.0 Å². The van der Waals surface area contributed by atoms with Crippen LogP contribution >= 0.6 is 11.3 Å². The number of nitrogens with zero attached hydrogens (tertiary/aromatic N) is 2. The minimum atomic E-state index is 0.161. The number of amides is 2. The second-order valence-electron chi connectivity index (χ2n) is 7.26. The zero-order chi connectivity index (χ0) is 17.9. The first kappa shape index (κ1) is 18.4. The molecule has 2 aliphatic rings. The van der Waals surface area contributed by atoms with Crippen molar-refractivity contribution in [2.24, 2.45) is 5.41 Å². The molecule has 1 aromatic rings. The molecule has 138 valence electrons. The van der Waals surface area contributed by atoms with E-state index in [1.54, 1.807) is 18.4 Å². The molecular weight excluding hydrogens is 336 g/mol. The van der Waals surface area contributed by atoms with Crippen molar-refractivity contribution in [3.8, 4) is 0 Å². The van der Waals surface area contributed by atoms with Gasteiger partial charge in [-0.05, 0) is 37.2 Å². The molecule has 0 radical (unpaired) electrons. The van der Waals surface area contributed by atoms with E-state index in [0.717, 1.165) is 50.9 Å². The maximum atomic E-state index is 12.7. The van der Waals surface area contributed by atoms with Gasteiger partial charge in [-0.25, -0.2) is 0 Å². The molecule has 0 N–H and O–H groups in total. The topological polar surface area (TPSA) is 49.9 Å². The van der Waals surface area contributed by atoms with Crippen LogP contribution in [0.2, 0.25) is 0 Å². The first-order valence-electron chi connectivity index (χ1n) is 9.20. The maximum Gasteiger partial charge on any atom is 0.254 e. The highest BCUT2D eigenvalue weighted by Crippen LogP contribution is 2.40. The summed E-state index contributed by atoms with van der Waals surface area (Å²) in [5, 5.41) is 1.98. The van der Waals surface area contributed by atoms with E-state index in [0.29, 0.717) is 19.6 Å². The summed E-state index contributed by atoms with van der Waals surface area (Å²) in [4.78, 5) is 30.0. The van der Waals surface area contributed by atoms with Gasteiger partial charge in [0.25, 0.3) is 5.91 Å². The van der Waals surface area contributed by atoms with Crippen LogP contribution in [0.25, 0.3) is 0 Å². The van der Waals surface area contributed by atoms with Crippen molar-refractivity contribution in [3.63, 3.8) is 0 Å². The number of hydrogen-bond donors (Lipinski definition) is 0. The number of piperidine rings is 2. The van der Waals surface area contributed by atoms with Crippen molar-refractivity contribution in [3.05, 3.63) is 21.9 Å². The Morgan fingerprint density at radius 2 is 2.08 bits per heavy atom. The third-order valence-electron chi connectivity index (χ3n) is 5.67. The van der Waals surface area contributed by atoms with E-state index in [1.165, 1.54) is 4.88 Å². The molecule has 5 nitrogen and oxygen atoms in total. The van der Waals surface area contributed by atoms with E-state index < -0.39 is 0 Å². The molecule has 6 heteroatoms. The fourth-order valence-corrected chi connectivity index (χ4v) is 4.77. The predicted octanol–water partition coefficient (Wildman–Crippen LogP) is 2.80. The van der Waals surface area contributed by atoms with Gasteiger partial charge in [0.05, 0.1) is 12.2 Å². The number of likely N-dealkylation sites (tertiary alicyclic amines) is 2. The Morgan fingerprint density at radius 1 is 1.32 bits per heavy atom. The molecule has 0 atom stereocenters. The van der Waals surface area contributed by atoms with E-state index in [9.17, 15) is 9.59 Å². The molecule has 2 aliphatic heterocycles. The van der Waals surface area contributed by atoms with Crippen LogP contribution in [-0.4, -0.2) is 61.5 Å². The molecule has 25 heavy (non-hydrogen) atoms. The van der Waals surface area contributed by atoms with Crippen LogP contribution in [0.4, 0.5) is 0 Å². The zero-order valence-electron chi connectivity index (χ0n) is 15.3. The van der Waals surface area contributed by atoms with Gasteiger partial charge in [0.15, 0.2) is 0 Å². The van der Waals surface area contributed by atoms with Crippen molar-refractivity contribution >= 4 is 23.2 Å². The first-order chi connectivity index (χ1) is 12.1. The highest BCUT2D eigenvalue weighted by molar-refractivity contribution is 7.10. The van der Waals surface area contributed by atoms with Gasteiger partial charge in [-0.1, -0.05) is 6.92 Å². The second kappa shape index (κ2) is 7.87. The Labute approximate surface area is 153 Å². The number of hydrogen-bond acceptors (Lipinski definition) is 4. The van der Waals surface area contributed by atoms with Crippen molar-refractivity contribution in [2.75, 3.05) is 39.9 Å².